The number of allylic oxidation sites excluding steroid dienone is 9. The van der Waals surface area contributed by atoms with E-state index in [1.807, 2.05) is 55.8 Å². The van der Waals surface area contributed by atoms with E-state index in [9.17, 15) is 0 Å². The highest BCUT2D eigenvalue weighted by molar-refractivity contribution is 5.58. The van der Waals surface area contributed by atoms with Gasteiger partial charge < -0.3 is 5.73 Å². The summed E-state index contributed by atoms with van der Waals surface area (Å²) in [5, 5.41) is 0.798. The van der Waals surface area contributed by atoms with Gasteiger partial charge in [0.25, 0.3) is 0 Å². The number of rotatable bonds is 8. The van der Waals surface area contributed by atoms with Gasteiger partial charge in [0.2, 0.25) is 0 Å². The molecule has 1 rings (SSSR count). The van der Waals surface area contributed by atoms with Crippen LogP contribution < -0.4 is 22.1 Å². The minimum atomic E-state index is 0.654. The standard InChI is InChI=1S/C25H36N4/c1-10-13-14-23(12-3)29-22(9)28(20(7)16-15-18(4)5)24(21(8)26)25(29)27-17-19(6)11-2/h10,13-17H,4,7,9,11-12,26H2,1-3,5-6,8H3. The van der Waals surface area contributed by atoms with E-state index in [-0.39, 0.29) is 0 Å². The Morgan fingerprint density at radius 2 is 1.72 bits per heavy atom. The van der Waals surface area contributed by atoms with Crippen molar-refractivity contribution in [2.24, 2.45) is 10.7 Å². The van der Waals surface area contributed by atoms with E-state index < -0.39 is 0 Å². The number of aromatic nitrogens is 2. The number of nitrogens with two attached hydrogens (primary N) is 1. The molecule has 0 aliphatic rings. The fraction of sp³-hybridized carbons (Fsp3) is 0.320. The molecule has 0 saturated carbocycles. The fourth-order valence-electron chi connectivity index (χ4n) is 2.77. The first-order chi connectivity index (χ1) is 13.7. The molecule has 156 valence electrons. The zero-order chi connectivity index (χ0) is 22.1. The van der Waals surface area contributed by atoms with Crippen LogP contribution in [0.25, 0.3) is 23.7 Å². The maximum absolute atomic E-state index is 6.33. The van der Waals surface area contributed by atoms with Crippen LogP contribution in [0.15, 0.2) is 65.9 Å². The molecular formula is C25H36N4. The molecule has 1 aromatic rings. The average Bonchev–Trinajstić information content (AvgIpc) is 2.97. The van der Waals surface area contributed by atoms with E-state index in [2.05, 4.69) is 51.2 Å². The Hall–Kier alpha value is -3.01. The van der Waals surface area contributed by atoms with Gasteiger partial charge in [-0.25, -0.2) is 4.99 Å². The lowest BCUT2D eigenvalue weighted by atomic mass is 10.2. The quantitative estimate of drug-likeness (QED) is 0.654. The predicted octanol–water partition coefficient (Wildman–Crippen LogP) is 4.43. The van der Waals surface area contributed by atoms with Crippen molar-refractivity contribution < 1.29 is 0 Å². The molecule has 0 atom stereocenters. The average molecular weight is 393 g/mol. The van der Waals surface area contributed by atoms with Gasteiger partial charge in [-0.3, -0.25) is 9.13 Å². The molecule has 0 amide bonds. The molecule has 0 bridgehead atoms. The lowest BCUT2D eigenvalue weighted by Crippen LogP contribution is -2.36. The first-order valence-corrected chi connectivity index (χ1v) is 10.0. The SMILES string of the molecule is C=C(C)C=CC(=C)n1c(=C(C)N)c(=NC=C(C)CC)n(C(=CC=CC)CC)c1=C. The van der Waals surface area contributed by atoms with Gasteiger partial charge in [0.15, 0.2) is 5.49 Å². The summed E-state index contributed by atoms with van der Waals surface area (Å²) in [6.45, 7) is 24.6. The lowest BCUT2D eigenvalue weighted by Gasteiger charge is -2.08. The van der Waals surface area contributed by atoms with Crippen LogP contribution in [0, 0.1) is 0 Å². The van der Waals surface area contributed by atoms with E-state index in [1.165, 1.54) is 5.57 Å². The van der Waals surface area contributed by atoms with Gasteiger partial charge in [-0.15, -0.1) is 0 Å². The summed E-state index contributed by atoms with van der Waals surface area (Å²) in [6, 6.07) is 0. The summed E-state index contributed by atoms with van der Waals surface area (Å²) >= 11 is 0. The van der Waals surface area contributed by atoms with Crippen LogP contribution in [0.4, 0.5) is 0 Å². The van der Waals surface area contributed by atoms with E-state index in [0.29, 0.717) is 5.70 Å². The topological polar surface area (TPSA) is 48.2 Å². The van der Waals surface area contributed by atoms with E-state index in [0.717, 1.165) is 46.1 Å². The van der Waals surface area contributed by atoms with Crippen molar-refractivity contribution in [2.45, 2.75) is 54.4 Å². The molecule has 4 heteroatoms. The Bertz CT molecular complexity index is 1060. The molecule has 0 saturated heterocycles. The monoisotopic (exact) mass is 392 g/mol. The molecule has 2 N–H and O–H groups in total. The molecule has 4 nitrogen and oxygen atoms in total. The van der Waals surface area contributed by atoms with Crippen molar-refractivity contribution in [2.75, 3.05) is 0 Å². The third kappa shape index (κ3) is 5.98. The van der Waals surface area contributed by atoms with Gasteiger partial charge in [0.05, 0.1) is 0 Å². The number of imidazole rings is 1. The molecule has 0 spiro atoms. The van der Waals surface area contributed by atoms with Gasteiger partial charge in [0.1, 0.15) is 10.8 Å². The van der Waals surface area contributed by atoms with Crippen LogP contribution in [0.2, 0.25) is 0 Å². The van der Waals surface area contributed by atoms with Crippen LogP contribution in [0.5, 0.6) is 0 Å². The lowest BCUT2D eigenvalue weighted by molar-refractivity contribution is 0.891. The van der Waals surface area contributed by atoms with Crippen molar-refractivity contribution in [3.8, 4) is 0 Å². The van der Waals surface area contributed by atoms with E-state index >= 15 is 0 Å². The summed E-state index contributed by atoms with van der Waals surface area (Å²) in [6.07, 6.45) is 13.6. The van der Waals surface area contributed by atoms with Gasteiger partial charge >= 0.3 is 0 Å². The summed E-state index contributed by atoms with van der Waals surface area (Å²) < 4.78 is 4.02. The van der Waals surface area contributed by atoms with E-state index in [1.54, 1.807) is 0 Å². The number of nitrogens with zero attached hydrogens (tertiary/aromatic N) is 3. The van der Waals surface area contributed by atoms with E-state index in [4.69, 9.17) is 10.7 Å². The van der Waals surface area contributed by atoms with Crippen LogP contribution in [-0.4, -0.2) is 9.13 Å². The van der Waals surface area contributed by atoms with Gasteiger partial charge in [0, 0.05) is 23.3 Å². The molecule has 0 aliphatic heterocycles. The third-order valence-corrected chi connectivity index (χ3v) is 4.48. The molecular weight excluding hydrogens is 356 g/mol. The summed E-state index contributed by atoms with van der Waals surface area (Å²) in [5.74, 6) is 0. The highest BCUT2D eigenvalue weighted by Gasteiger charge is 2.12. The largest absolute Gasteiger partial charge is 0.400 e. The van der Waals surface area contributed by atoms with Crippen molar-refractivity contribution in [1.82, 2.24) is 9.13 Å². The molecule has 0 aliphatic carbocycles. The summed E-state index contributed by atoms with van der Waals surface area (Å²) in [7, 11) is 0. The Balaban J connectivity index is 4.16. The zero-order valence-corrected chi connectivity index (χ0v) is 18.9. The van der Waals surface area contributed by atoms with Gasteiger partial charge in [-0.1, -0.05) is 63.0 Å². The first kappa shape index (κ1) is 24.0. The van der Waals surface area contributed by atoms with Crippen LogP contribution >= 0.6 is 0 Å². The third-order valence-electron chi connectivity index (χ3n) is 4.48. The minimum absolute atomic E-state index is 0.654. The predicted molar refractivity (Wildman–Crippen MR) is 129 cm³/mol. The Kier molecular flexibility index (Phi) is 9.20. The zero-order valence-electron chi connectivity index (χ0n) is 18.9. The summed E-state index contributed by atoms with van der Waals surface area (Å²) in [5.41, 5.74) is 12.5. The van der Waals surface area contributed by atoms with Crippen LogP contribution in [0.3, 0.4) is 0 Å². The second-order valence-corrected chi connectivity index (χ2v) is 7.11. The molecule has 0 unspecified atom stereocenters. The molecule has 29 heavy (non-hydrogen) atoms. The maximum atomic E-state index is 6.33. The van der Waals surface area contributed by atoms with Crippen LogP contribution in [0.1, 0.15) is 54.4 Å². The normalized spacial score (nSPS) is 14.9. The van der Waals surface area contributed by atoms with Crippen molar-refractivity contribution >= 4 is 23.7 Å². The summed E-state index contributed by atoms with van der Waals surface area (Å²) in [4.78, 5) is 4.83. The molecule has 1 aromatic heterocycles. The number of hydrogen-bond donors (Lipinski definition) is 1. The van der Waals surface area contributed by atoms with Crippen molar-refractivity contribution in [3.05, 3.63) is 77.2 Å². The first-order valence-electron chi connectivity index (χ1n) is 10.0. The Morgan fingerprint density at radius 3 is 2.21 bits per heavy atom. The molecule has 1 heterocycles. The Labute approximate surface area is 175 Å². The smallest absolute Gasteiger partial charge is 0.164 e. The maximum Gasteiger partial charge on any atom is 0.164 e. The second-order valence-electron chi connectivity index (χ2n) is 7.11. The van der Waals surface area contributed by atoms with Gasteiger partial charge in [-0.05, 0) is 52.7 Å². The Morgan fingerprint density at radius 1 is 1.07 bits per heavy atom. The molecule has 0 fully saturated rings. The molecule has 0 aromatic carbocycles. The highest BCUT2D eigenvalue weighted by atomic mass is 15.2. The fourth-order valence-corrected chi connectivity index (χ4v) is 2.77. The minimum Gasteiger partial charge on any atom is -0.400 e. The molecule has 0 radical (unpaired) electrons. The second kappa shape index (κ2) is 11.1. The van der Waals surface area contributed by atoms with Crippen molar-refractivity contribution in [3.63, 3.8) is 0 Å². The van der Waals surface area contributed by atoms with Crippen LogP contribution in [-0.2, 0) is 0 Å². The number of hydrogen-bond acceptors (Lipinski definition) is 2. The van der Waals surface area contributed by atoms with Gasteiger partial charge in [-0.2, -0.15) is 0 Å². The highest BCUT2D eigenvalue weighted by Crippen LogP contribution is 2.06. The van der Waals surface area contributed by atoms with Crippen molar-refractivity contribution in [1.29, 1.82) is 0 Å².